The summed E-state index contributed by atoms with van der Waals surface area (Å²) in [6.45, 7) is 1.32. The first-order valence-electron chi connectivity index (χ1n) is 6.83. The fourth-order valence-corrected chi connectivity index (χ4v) is 2.15. The molecule has 5 heteroatoms. The number of imidazole rings is 1. The molecule has 2 aromatic rings. The molecule has 0 spiro atoms. The summed E-state index contributed by atoms with van der Waals surface area (Å²) in [6.07, 6.45) is 4.24. The number of nitrogens with one attached hydrogen (secondary N) is 1. The average Bonchev–Trinajstić information content (AvgIpc) is 3.24. The van der Waals surface area contributed by atoms with Gasteiger partial charge in [-0.05, 0) is 30.5 Å². The largest absolute Gasteiger partial charge is 0.486 e. The molecule has 0 amide bonds. The van der Waals surface area contributed by atoms with E-state index in [-0.39, 0.29) is 0 Å². The molecule has 1 aromatic carbocycles. The molecule has 0 saturated heterocycles. The number of benzene rings is 1. The Kier molecular flexibility index (Phi) is 3.94. The number of halogens is 1. The Hall–Kier alpha value is -1.52. The normalized spacial score (nSPS) is 14.5. The van der Waals surface area contributed by atoms with Crippen LogP contribution in [0.3, 0.4) is 0 Å². The summed E-state index contributed by atoms with van der Waals surface area (Å²) in [5.74, 6) is 1.68. The summed E-state index contributed by atoms with van der Waals surface area (Å²) < 4.78 is 7.60. The van der Waals surface area contributed by atoms with Gasteiger partial charge in [0.25, 0.3) is 0 Å². The van der Waals surface area contributed by atoms with Gasteiger partial charge < -0.3 is 14.6 Å². The van der Waals surface area contributed by atoms with Crippen LogP contribution < -0.4 is 10.1 Å². The molecule has 3 rings (SSSR count). The van der Waals surface area contributed by atoms with E-state index in [1.807, 2.05) is 23.7 Å². The maximum Gasteiger partial charge on any atom is 0.147 e. The highest BCUT2D eigenvalue weighted by Gasteiger charge is 2.19. The monoisotopic (exact) mass is 291 g/mol. The minimum Gasteiger partial charge on any atom is -0.486 e. The van der Waals surface area contributed by atoms with E-state index in [0.717, 1.165) is 18.1 Å². The van der Waals surface area contributed by atoms with Gasteiger partial charge in [-0.3, -0.25) is 0 Å². The smallest absolute Gasteiger partial charge is 0.147 e. The number of rotatable bonds is 6. The molecule has 1 saturated carbocycles. The van der Waals surface area contributed by atoms with Gasteiger partial charge in [0.1, 0.15) is 23.3 Å². The third kappa shape index (κ3) is 3.32. The van der Waals surface area contributed by atoms with Crippen molar-refractivity contribution in [3.63, 3.8) is 0 Å². The quantitative estimate of drug-likeness (QED) is 0.889. The van der Waals surface area contributed by atoms with Gasteiger partial charge in [-0.25, -0.2) is 4.98 Å². The first-order chi connectivity index (χ1) is 9.72. The second-order valence-corrected chi connectivity index (χ2v) is 5.53. The topological polar surface area (TPSA) is 39.1 Å². The Bertz CT molecular complexity index is 593. The highest BCUT2D eigenvalue weighted by Crippen LogP contribution is 2.20. The van der Waals surface area contributed by atoms with Gasteiger partial charge in [0.05, 0.1) is 6.20 Å². The zero-order valence-corrected chi connectivity index (χ0v) is 12.2. The lowest BCUT2D eigenvalue weighted by Crippen LogP contribution is -2.15. The number of aromatic nitrogens is 2. The van der Waals surface area contributed by atoms with Gasteiger partial charge in [0.2, 0.25) is 0 Å². The molecule has 1 heterocycles. The SMILES string of the molecule is Cn1c(Cl)cnc1COc1cccc(CNC2CC2)c1. The molecule has 106 valence electrons. The summed E-state index contributed by atoms with van der Waals surface area (Å²) in [7, 11) is 1.88. The van der Waals surface area contributed by atoms with E-state index in [1.54, 1.807) is 6.20 Å². The molecular formula is C15H18ClN3O. The maximum absolute atomic E-state index is 5.95. The van der Waals surface area contributed by atoms with Gasteiger partial charge in [0.15, 0.2) is 0 Å². The fraction of sp³-hybridized carbons (Fsp3) is 0.400. The van der Waals surface area contributed by atoms with Crippen molar-refractivity contribution in [2.75, 3.05) is 0 Å². The van der Waals surface area contributed by atoms with Crippen LogP contribution in [0.1, 0.15) is 24.2 Å². The van der Waals surface area contributed by atoms with Crippen molar-refractivity contribution in [1.29, 1.82) is 0 Å². The molecule has 0 radical (unpaired) electrons. The Balaban J connectivity index is 1.58. The lowest BCUT2D eigenvalue weighted by atomic mass is 10.2. The van der Waals surface area contributed by atoms with Gasteiger partial charge in [-0.1, -0.05) is 23.7 Å². The molecule has 4 nitrogen and oxygen atoms in total. The van der Waals surface area contributed by atoms with Crippen LogP contribution >= 0.6 is 11.6 Å². The van der Waals surface area contributed by atoms with Crippen LogP contribution in [0.5, 0.6) is 5.75 Å². The second-order valence-electron chi connectivity index (χ2n) is 5.15. The number of hydrogen-bond donors (Lipinski definition) is 1. The number of hydrogen-bond acceptors (Lipinski definition) is 3. The highest BCUT2D eigenvalue weighted by atomic mass is 35.5. The van der Waals surface area contributed by atoms with E-state index >= 15 is 0 Å². The van der Waals surface area contributed by atoms with Crippen LogP contribution in [0.25, 0.3) is 0 Å². The van der Waals surface area contributed by atoms with E-state index in [4.69, 9.17) is 16.3 Å². The van der Waals surface area contributed by atoms with Crippen molar-refractivity contribution in [2.24, 2.45) is 7.05 Å². The molecule has 1 aliphatic rings. The number of ether oxygens (including phenoxy) is 1. The van der Waals surface area contributed by atoms with Crippen LogP contribution in [0.4, 0.5) is 0 Å². The Morgan fingerprint density at radius 1 is 1.45 bits per heavy atom. The lowest BCUT2D eigenvalue weighted by Gasteiger charge is -2.09. The average molecular weight is 292 g/mol. The molecule has 20 heavy (non-hydrogen) atoms. The third-order valence-corrected chi connectivity index (χ3v) is 3.82. The van der Waals surface area contributed by atoms with Crippen LogP contribution in [-0.4, -0.2) is 15.6 Å². The van der Waals surface area contributed by atoms with E-state index in [0.29, 0.717) is 17.8 Å². The van der Waals surface area contributed by atoms with Gasteiger partial charge in [-0.15, -0.1) is 0 Å². The van der Waals surface area contributed by atoms with Crippen molar-refractivity contribution >= 4 is 11.6 Å². The zero-order chi connectivity index (χ0) is 13.9. The Morgan fingerprint density at radius 2 is 2.30 bits per heavy atom. The van der Waals surface area contributed by atoms with Gasteiger partial charge in [0, 0.05) is 19.6 Å². The van der Waals surface area contributed by atoms with Crippen molar-refractivity contribution in [2.45, 2.75) is 32.0 Å². The summed E-state index contributed by atoms with van der Waals surface area (Å²) in [5.41, 5.74) is 1.24. The first kappa shape index (κ1) is 13.5. The predicted octanol–water partition coefficient (Wildman–Crippen LogP) is 2.90. The van der Waals surface area contributed by atoms with Crippen molar-refractivity contribution in [3.05, 3.63) is 47.0 Å². The van der Waals surface area contributed by atoms with E-state index in [2.05, 4.69) is 22.4 Å². The summed E-state index contributed by atoms with van der Waals surface area (Å²) in [4.78, 5) is 4.21. The van der Waals surface area contributed by atoms with Crippen molar-refractivity contribution < 1.29 is 4.74 Å². The summed E-state index contributed by atoms with van der Waals surface area (Å²) >= 11 is 5.95. The highest BCUT2D eigenvalue weighted by molar-refractivity contribution is 6.29. The first-order valence-corrected chi connectivity index (χ1v) is 7.21. The molecular weight excluding hydrogens is 274 g/mol. The molecule has 1 N–H and O–H groups in total. The molecule has 1 aromatic heterocycles. The van der Waals surface area contributed by atoms with Crippen molar-refractivity contribution in [3.8, 4) is 5.75 Å². The minimum absolute atomic E-state index is 0.419. The van der Waals surface area contributed by atoms with E-state index in [1.165, 1.54) is 18.4 Å². The van der Waals surface area contributed by atoms with Crippen LogP contribution in [-0.2, 0) is 20.2 Å². The van der Waals surface area contributed by atoms with Crippen LogP contribution in [0, 0.1) is 0 Å². The Labute approximate surface area is 123 Å². The summed E-state index contributed by atoms with van der Waals surface area (Å²) in [6, 6.07) is 8.88. The van der Waals surface area contributed by atoms with Crippen LogP contribution in [0.2, 0.25) is 5.15 Å². The predicted molar refractivity (Wildman–Crippen MR) is 78.9 cm³/mol. The molecule has 1 fully saturated rings. The zero-order valence-electron chi connectivity index (χ0n) is 11.5. The van der Waals surface area contributed by atoms with E-state index < -0.39 is 0 Å². The lowest BCUT2D eigenvalue weighted by molar-refractivity contribution is 0.291. The van der Waals surface area contributed by atoms with Crippen LogP contribution in [0.15, 0.2) is 30.5 Å². The fourth-order valence-electron chi connectivity index (χ4n) is 2.00. The maximum atomic E-state index is 5.95. The second kappa shape index (κ2) is 5.85. The molecule has 1 aliphatic carbocycles. The molecule has 0 aliphatic heterocycles. The minimum atomic E-state index is 0.419. The van der Waals surface area contributed by atoms with Crippen molar-refractivity contribution in [1.82, 2.24) is 14.9 Å². The van der Waals surface area contributed by atoms with Gasteiger partial charge in [-0.2, -0.15) is 0 Å². The third-order valence-electron chi connectivity index (χ3n) is 3.47. The molecule has 0 atom stereocenters. The standard InChI is InChI=1S/C15H18ClN3O/c1-19-14(16)9-18-15(19)10-20-13-4-2-3-11(7-13)8-17-12-5-6-12/h2-4,7,9,12,17H,5-6,8,10H2,1H3. The molecule has 0 bridgehead atoms. The number of nitrogens with zero attached hydrogens (tertiary/aromatic N) is 2. The van der Waals surface area contributed by atoms with Gasteiger partial charge >= 0.3 is 0 Å². The molecule has 0 unspecified atom stereocenters. The Morgan fingerprint density at radius 3 is 3.00 bits per heavy atom. The summed E-state index contributed by atoms with van der Waals surface area (Å²) in [5, 5.41) is 4.11. The van der Waals surface area contributed by atoms with E-state index in [9.17, 15) is 0 Å².